The van der Waals surface area contributed by atoms with Gasteiger partial charge in [0, 0.05) is 69.1 Å². The van der Waals surface area contributed by atoms with Crippen molar-refractivity contribution >= 4 is 39.5 Å². The van der Waals surface area contributed by atoms with Gasteiger partial charge in [-0.15, -0.1) is 0 Å². The third-order valence-corrected chi connectivity index (χ3v) is 8.30. The fourth-order valence-corrected chi connectivity index (χ4v) is 5.81. The minimum absolute atomic E-state index is 0.0869. The molecule has 10 heteroatoms. The Morgan fingerprint density at radius 1 is 0.930 bits per heavy atom. The van der Waals surface area contributed by atoms with Gasteiger partial charge in [-0.05, 0) is 77.3 Å². The lowest BCUT2D eigenvalue weighted by atomic mass is 9.96. The van der Waals surface area contributed by atoms with Crippen LogP contribution in [0.3, 0.4) is 0 Å². The molecular formula is C33H45BrN4O5. The molecule has 43 heavy (non-hydrogen) atoms. The van der Waals surface area contributed by atoms with Crippen LogP contribution in [0.4, 0.5) is 10.5 Å². The number of hydrogen-bond donors (Lipinski definition) is 0. The van der Waals surface area contributed by atoms with E-state index < -0.39 is 11.2 Å². The van der Waals surface area contributed by atoms with Crippen molar-refractivity contribution in [1.82, 2.24) is 14.7 Å². The fourth-order valence-electron chi connectivity index (χ4n) is 5.55. The van der Waals surface area contributed by atoms with Gasteiger partial charge in [0.2, 0.25) is 5.91 Å². The zero-order chi connectivity index (χ0) is 31.4. The number of nitrogens with zero attached hydrogens (tertiary/aromatic N) is 4. The maximum absolute atomic E-state index is 13.5. The molecule has 0 N–H and O–H groups in total. The summed E-state index contributed by atoms with van der Waals surface area (Å²) in [6.45, 7) is 12.8. The standard InChI is InChI=1S/C33H45BrN4O5/c1-32(2,3)43-31(41)37-19-17-36(18-20-37)30(40)33(4,5)42-28-11-7-10-27(21-28)38-16-8-9-25(23-38)29(39)35(6)22-24-12-14-26(34)15-13-24/h7,10-15,21,25H,8-9,16-20,22-23H2,1-6H3/t25-/m1/s1. The summed E-state index contributed by atoms with van der Waals surface area (Å²) in [5, 5.41) is 0. The first kappa shape index (κ1) is 32.6. The summed E-state index contributed by atoms with van der Waals surface area (Å²) >= 11 is 3.46. The van der Waals surface area contributed by atoms with Crippen LogP contribution >= 0.6 is 15.9 Å². The van der Waals surface area contributed by atoms with E-state index in [0.717, 1.165) is 35.1 Å². The van der Waals surface area contributed by atoms with Crippen molar-refractivity contribution < 1.29 is 23.9 Å². The Labute approximate surface area is 264 Å². The van der Waals surface area contributed by atoms with E-state index in [1.807, 2.05) is 81.2 Å². The highest BCUT2D eigenvalue weighted by Gasteiger charge is 2.37. The fraction of sp³-hybridized carbons (Fsp3) is 0.545. The van der Waals surface area contributed by atoms with Gasteiger partial charge in [0.05, 0.1) is 5.92 Å². The SMILES string of the molecule is CN(Cc1ccc(Br)cc1)C(=O)[C@@H]1CCCN(c2cccc(OC(C)(C)C(=O)N3CCN(C(=O)OC(C)(C)C)CC3)c2)C1. The van der Waals surface area contributed by atoms with Gasteiger partial charge in [-0.1, -0.05) is 34.1 Å². The second kappa shape index (κ2) is 13.6. The maximum atomic E-state index is 13.5. The van der Waals surface area contributed by atoms with Gasteiger partial charge in [0.1, 0.15) is 11.4 Å². The molecular weight excluding hydrogens is 612 g/mol. The summed E-state index contributed by atoms with van der Waals surface area (Å²) in [6, 6.07) is 15.8. The van der Waals surface area contributed by atoms with Crippen LogP contribution < -0.4 is 9.64 Å². The molecule has 2 aromatic rings. The van der Waals surface area contributed by atoms with Crippen LogP contribution in [0.1, 0.15) is 53.0 Å². The minimum Gasteiger partial charge on any atom is -0.478 e. The summed E-state index contributed by atoms with van der Waals surface area (Å²) in [4.78, 5) is 46.6. The molecule has 2 saturated heterocycles. The van der Waals surface area contributed by atoms with Crippen LogP contribution in [0.25, 0.3) is 0 Å². The minimum atomic E-state index is -1.09. The molecule has 0 saturated carbocycles. The van der Waals surface area contributed by atoms with E-state index in [-0.39, 0.29) is 23.8 Å². The van der Waals surface area contributed by atoms with Crippen molar-refractivity contribution in [1.29, 1.82) is 0 Å². The third-order valence-electron chi connectivity index (χ3n) is 7.77. The number of ether oxygens (including phenoxy) is 2. The lowest BCUT2D eigenvalue weighted by Gasteiger charge is -2.39. The zero-order valence-corrected chi connectivity index (χ0v) is 27.9. The Morgan fingerprint density at radius 3 is 2.23 bits per heavy atom. The van der Waals surface area contributed by atoms with Gasteiger partial charge in [-0.3, -0.25) is 9.59 Å². The number of piperazine rings is 1. The third kappa shape index (κ3) is 8.87. The monoisotopic (exact) mass is 656 g/mol. The van der Waals surface area contributed by atoms with Crippen molar-refractivity contribution in [3.63, 3.8) is 0 Å². The molecule has 4 rings (SSSR count). The number of amides is 3. The molecule has 2 fully saturated rings. The van der Waals surface area contributed by atoms with Crippen molar-refractivity contribution in [2.24, 2.45) is 5.92 Å². The van der Waals surface area contributed by atoms with Crippen molar-refractivity contribution in [3.8, 4) is 5.75 Å². The molecule has 0 spiro atoms. The predicted molar refractivity (Wildman–Crippen MR) is 171 cm³/mol. The molecule has 0 bridgehead atoms. The van der Waals surface area contributed by atoms with E-state index in [1.165, 1.54) is 0 Å². The van der Waals surface area contributed by atoms with Crippen LogP contribution in [0, 0.1) is 5.92 Å². The molecule has 3 amide bonds. The van der Waals surface area contributed by atoms with Gasteiger partial charge in [0.15, 0.2) is 5.60 Å². The largest absolute Gasteiger partial charge is 0.478 e. The van der Waals surface area contributed by atoms with Crippen molar-refractivity contribution in [2.45, 2.75) is 65.2 Å². The normalized spacial score (nSPS) is 17.8. The number of hydrogen-bond acceptors (Lipinski definition) is 6. The summed E-state index contributed by atoms with van der Waals surface area (Å²) in [5.41, 5.74) is 0.414. The number of piperidine rings is 1. The van der Waals surface area contributed by atoms with E-state index in [2.05, 4.69) is 20.8 Å². The molecule has 234 valence electrons. The molecule has 9 nitrogen and oxygen atoms in total. The van der Waals surface area contributed by atoms with E-state index >= 15 is 0 Å². The average molecular weight is 658 g/mol. The molecule has 1 atom stereocenters. The smallest absolute Gasteiger partial charge is 0.410 e. The molecule has 2 aliphatic heterocycles. The molecule has 0 aliphatic carbocycles. The number of carbonyl (C=O) groups excluding carboxylic acids is 3. The van der Waals surface area contributed by atoms with Gasteiger partial charge in [0.25, 0.3) is 5.91 Å². The molecule has 2 aromatic carbocycles. The Kier molecular flexibility index (Phi) is 10.3. The predicted octanol–water partition coefficient (Wildman–Crippen LogP) is 5.56. The van der Waals surface area contributed by atoms with Gasteiger partial charge in [-0.25, -0.2) is 4.79 Å². The summed E-state index contributed by atoms with van der Waals surface area (Å²) in [6.07, 6.45) is 1.43. The molecule has 0 unspecified atom stereocenters. The van der Waals surface area contributed by atoms with Gasteiger partial charge in [-0.2, -0.15) is 0 Å². The highest BCUT2D eigenvalue weighted by molar-refractivity contribution is 9.10. The Morgan fingerprint density at radius 2 is 1.58 bits per heavy atom. The highest BCUT2D eigenvalue weighted by atomic mass is 79.9. The maximum Gasteiger partial charge on any atom is 0.410 e. The van der Waals surface area contributed by atoms with Crippen LogP contribution in [0.15, 0.2) is 53.0 Å². The summed E-state index contributed by atoms with van der Waals surface area (Å²) in [5.74, 6) is 0.540. The lowest BCUT2D eigenvalue weighted by Crippen LogP contribution is -2.57. The quantitative estimate of drug-likeness (QED) is 0.388. The van der Waals surface area contributed by atoms with E-state index in [0.29, 0.717) is 45.0 Å². The van der Waals surface area contributed by atoms with Crippen LogP contribution in [0.2, 0.25) is 0 Å². The first-order valence-electron chi connectivity index (χ1n) is 15.0. The second-order valence-electron chi connectivity index (χ2n) is 13.0. The second-order valence-corrected chi connectivity index (χ2v) is 13.9. The van der Waals surface area contributed by atoms with Crippen molar-refractivity contribution in [2.75, 3.05) is 51.2 Å². The van der Waals surface area contributed by atoms with E-state index in [9.17, 15) is 14.4 Å². The van der Waals surface area contributed by atoms with Crippen LogP contribution in [-0.2, 0) is 20.9 Å². The van der Waals surface area contributed by atoms with Gasteiger partial charge < -0.3 is 29.1 Å². The Balaban J connectivity index is 1.33. The first-order valence-corrected chi connectivity index (χ1v) is 15.8. The van der Waals surface area contributed by atoms with Gasteiger partial charge >= 0.3 is 6.09 Å². The van der Waals surface area contributed by atoms with E-state index in [4.69, 9.17) is 9.47 Å². The zero-order valence-electron chi connectivity index (χ0n) is 26.3. The molecule has 2 aliphatic rings. The summed E-state index contributed by atoms with van der Waals surface area (Å²) in [7, 11) is 1.87. The number of anilines is 1. The van der Waals surface area contributed by atoms with Crippen LogP contribution in [0.5, 0.6) is 5.75 Å². The first-order chi connectivity index (χ1) is 20.2. The number of benzene rings is 2. The Hall–Kier alpha value is -3.27. The van der Waals surface area contributed by atoms with Crippen LogP contribution in [-0.4, -0.2) is 90.1 Å². The highest BCUT2D eigenvalue weighted by Crippen LogP contribution is 2.30. The average Bonchev–Trinajstić information content (AvgIpc) is 2.96. The van der Waals surface area contributed by atoms with Crippen molar-refractivity contribution in [3.05, 3.63) is 58.6 Å². The molecule has 0 radical (unpaired) electrons. The Bertz CT molecular complexity index is 1280. The number of carbonyl (C=O) groups is 3. The van der Waals surface area contributed by atoms with E-state index in [1.54, 1.807) is 23.6 Å². The molecule has 2 heterocycles. The summed E-state index contributed by atoms with van der Waals surface area (Å²) < 4.78 is 12.8. The molecule has 0 aromatic heterocycles. The number of halogens is 1. The number of rotatable bonds is 7. The topological polar surface area (TPSA) is 82.6 Å². The lowest BCUT2D eigenvalue weighted by molar-refractivity contribution is -0.147.